The van der Waals surface area contributed by atoms with Crippen LogP contribution < -0.4 is 5.32 Å². The van der Waals surface area contributed by atoms with Crippen molar-refractivity contribution in [3.05, 3.63) is 23.9 Å². The van der Waals surface area contributed by atoms with Crippen LogP contribution in [0, 0.1) is 12.8 Å². The van der Waals surface area contributed by atoms with Crippen LogP contribution in [0.5, 0.6) is 0 Å². The fourth-order valence-electron chi connectivity index (χ4n) is 1.75. The molecular weight excluding hydrogens is 208 g/mol. The average molecular weight is 224 g/mol. The van der Waals surface area contributed by atoms with Crippen LogP contribution in [0.25, 0.3) is 0 Å². The summed E-state index contributed by atoms with van der Waals surface area (Å²) < 4.78 is 11.9. The molecule has 1 aliphatic heterocycles. The lowest BCUT2D eigenvalue weighted by atomic mass is 10.2. The predicted octanol–water partition coefficient (Wildman–Crippen LogP) is 1.11. The SMILES string of the molecule is Cc1ccc([S@](=O)C[C@@H]2CCNC2)nc1. The van der Waals surface area contributed by atoms with E-state index in [2.05, 4.69) is 10.3 Å². The summed E-state index contributed by atoms with van der Waals surface area (Å²) in [6.45, 7) is 4.04. The normalized spacial score (nSPS) is 22.9. The molecule has 2 atom stereocenters. The minimum Gasteiger partial charge on any atom is -0.316 e. The molecule has 0 bridgehead atoms. The second-order valence-electron chi connectivity index (χ2n) is 4.04. The van der Waals surface area contributed by atoms with Crippen molar-refractivity contribution in [2.45, 2.75) is 18.4 Å². The summed E-state index contributed by atoms with van der Waals surface area (Å²) in [5, 5.41) is 4.00. The van der Waals surface area contributed by atoms with E-state index in [1.165, 1.54) is 0 Å². The standard InChI is InChI=1S/C11H16N2OS/c1-9-2-3-11(13-6-9)15(14)8-10-4-5-12-7-10/h2-3,6,10,12H,4-5,7-8H2,1H3/t10-,15-/m1/s1. The number of pyridine rings is 1. The minimum atomic E-state index is -0.933. The van der Waals surface area contributed by atoms with Crippen LogP contribution >= 0.6 is 0 Å². The van der Waals surface area contributed by atoms with Gasteiger partial charge in [-0.25, -0.2) is 4.98 Å². The van der Waals surface area contributed by atoms with Crippen LogP contribution in [0.4, 0.5) is 0 Å². The highest BCUT2D eigenvalue weighted by molar-refractivity contribution is 7.84. The zero-order valence-electron chi connectivity index (χ0n) is 8.90. The number of aryl methyl sites for hydroxylation is 1. The van der Waals surface area contributed by atoms with Crippen LogP contribution in [0.2, 0.25) is 0 Å². The van der Waals surface area contributed by atoms with Crippen molar-refractivity contribution in [3.63, 3.8) is 0 Å². The summed E-state index contributed by atoms with van der Waals surface area (Å²) in [4.78, 5) is 4.20. The zero-order chi connectivity index (χ0) is 10.7. The predicted molar refractivity (Wildman–Crippen MR) is 61.2 cm³/mol. The molecule has 1 aromatic rings. The molecule has 1 N–H and O–H groups in total. The van der Waals surface area contributed by atoms with Crippen LogP contribution in [0.3, 0.4) is 0 Å². The second-order valence-corrected chi connectivity index (χ2v) is 5.49. The molecule has 0 saturated carbocycles. The Morgan fingerprint density at radius 2 is 2.47 bits per heavy atom. The number of hydrogen-bond donors (Lipinski definition) is 1. The van der Waals surface area contributed by atoms with Gasteiger partial charge >= 0.3 is 0 Å². The van der Waals surface area contributed by atoms with Gasteiger partial charge in [0.05, 0.1) is 10.8 Å². The highest BCUT2D eigenvalue weighted by atomic mass is 32.2. The van der Waals surface area contributed by atoms with Crippen molar-refractivity contribution < 1.29 is 4.21 Å². The molecule has 1 aromatic heterocycles. The monoisotopic (exact) mass is 224 g/mol. The molecule has 3 nitrogen and oxygen atoms in total. The van der Waals surface area contributed by atoms with Crippen molar-refractivity contribution in [3.8, 4) is 0 Å². The van der Waals surface area contributed by atoms with E-state index in [9.17, 15) is 4.21 Å². The lowest BCUT2D eigenvalue weighted by Gasteiger charge is -2.07. The molecule has 4 heteroatoms. The second kappa shape index (κ2) is 4.86. The molecule has 1 saturated heterocycles. The first-order valence-corrected chi connectivity index (χ1v) is 6.59. The fraction of sp³-hybridized carbons (Fsp3) is 0.545. The quantitative estimate of drug-likeness (QED) is 0.836. The summed E-state index contributed by atoms with van der Waals surface area (Å²) in [5.74, 6) is 1.29. The number of hydrogen-bond acceptors (Lipinski definition) is 3. The van der Waals surface area contributed by atoms with E-state index in [-0.39, 0.29) is 0 Å². The molecular formula is C11H16N2OS. The summed E-state index contributed by atoms with van der Waals surface area (Å²) in [6.07, 6.45) is 2.91. The third-order valence-electron chi connectivity index (χ3n) is 2.67. The van der Waals surface area contributed by atoms with E-state index in [1.54, 1.807) is 6.20 Å². The molecule has 0 radical (unpaired) electrons. The number of rotatable bonds is 3. The lowest BCUT2D eigenvalue weighted by molar-refractivity contribution is 0.631. The van der Waals surface area contributed by atoms with Crippen molar-refractivity contribution >= 4 is 10.8 Å². The molecule has 0 aromatic carbocycles. The van der Waals surface area contributed by atoms with Gasteiger partial charge in [0, 0.05) is 11.9 Å². The molecule has 2 heterocycles. The third-order valence-corrected chi connectivity index (χ3v) is 4.15. The molecule has 1 fully saturated rings. The van der Waals surface area contributed by atoms with Gasteiger partial charge in [0.2, 0.25) is 0 Å². The van der Waals surface area contributed by atoms with Gasteiger partial charge in [0.25, 0.3) is 0 Å². The minimum absolute atomic E-state index is 0.550. The van der Waals surface area contributed by atoms with Crippen LogP contribution in [0.1, 0.15) is 12.0 Å². The molecule has 0 aliphatic carbocycles. The van der Waals surface area contributed by atoms with Gasteiger partial charge in [-0.3, -0.25) is 4.21 Å². The Bertz CT molecular complexity index is 344. The van der Waals surface area contributed by atoms with E-state index in [0.29, 0.717) is 10.9 Å². The molecule has 0 spiro atoms. The van der Waals surface area contributed by atoms with Crippen molar-refractivity contribution in [2.24, 2.45) is 5.92 Å². The van der Waals surface area contributed by atoms with Gasteiger partial charge in [-0.05, 0) is 44.0 Å². The first kappa shape index (κ1) is 10.8. The largest absolute Gasteiger partial charge is 0.316 e. The zero-order valence-corrected chi connectivity index (χ0v) is 9.72. The van der Waals surface area contributed by atoms with E-state index in [1.807, 2.05) is 19.1 Å². The maximum absolute atomic E-state index is 11.9. The summed E-state index contributed by atoms with van der Waals surface area (Å²) in [7, 11) is -0.933. The summed E-state index contributed by atoms with van der Waals surface area (Å²) in [6, 6.07) is 3.83. The Kier molecular flexibility index (Phi) is 3.49. The van der Waals surface area contributed by atoms with Crippen LogP contribution in [-0.2, 0) is 10.8 Å². The summed E-state index contributed by atoms with van der Waals surface area (Å²) in [5.41, 5.74) is 1.11. The summed E-state index contributed by atoms with van der Waals surface area (Å²) >= 11 is 0. The Morgan fingerprint density at radius 3 is 3.07 bits per heavy atom. The molecule has 15 heavy (non-hydrogen) atoms. The van der Waals surface area contributed by atoms with Crippen molar-refractivity contribution in [1.29, 1.82) is 0 Å². The van der Waals surface area contributed by atoms with Crippen molar-refractivity contribution in [1.82, 2.24) is 10.3 Å². The number of aromatic nitrogens is 1. The average Bonchev–Trinajstić information content (AvgIpc) is 2.71. The molecule has 0 amide bonds. The Balaban J connectivity index is 1.98. The highest BCUT2D eigenvalue weighted by Gasteiger charge is 2.18. The van der Waals surface area contributed by atoms with Gasteiger partial charge in [-0.2, -0.15) is 0 Å². The molecule has 82 valence electrons. The van der Waals surface area contributed by atoms with Crippen molar-refractivity contribution in [2.75, 3.05) is 18.8 Å². The van der Waals surface area contributed by atoms with E-state index < -0.39 is 10.8 Å². The molecule has 0 unspecified atom stereocenters. The smallest absolute Gasteiger partial charge is 0.127 e. The Morgan fingerprint density at radius 1 is 1.60 bits per heavy atom. The first-order chi connectivity index (χ1) is 7.25. The van der Waals surface area contributed by atoms with Crippen LogP contribution in [-0.4, -0.2) is 28.0 Å². The van der Waals surface area contributed by atoms with Gasteiger partial charge in [0.15, 0.2) is 0 Å². The first-order valence-electron chi connectivity index (χ1n) is 5.27. The van der Waals surface area contributed by atoms with Gasteiger partial charge in [-0.1, -0.05) is 6.07 Å². The number of nitrogens with zero attached hydrogens (tertiary/aromatic N) is 1. The lowest BCUT2D eigenvalue weighted by Crippen LogP contribution is -2.15. The van der Waals surface area contributed by atoms with E-state index in [0.717, 1.165) is 30.8 Å². The number of nitrogens with one attached hydrogen (secondary N) is 1. The fourth-order valence-corrected chi connectivity index (χ4v) is 3.02. The van der Waals surface area contributed by atoms with Crippen LogP contribution in [0.15, 0.2) is 23.4 Å². The third kappa shape index (κ3) is 2.86. The maximum Gasteiger partial charge on any atom is 0.127 e. The topological polar surface area (TPSA) is 42.0 Å². The van der Waals surface area contributed by atoms with E-state index >= 15 is 0 Å². The maximum atomic E-state index is 11.9. The molecule has 2 rings (SSSR count). The Hall–Kier alpha value is -0.740. The van der Waals surface area contributed by atoms with Gasteiger partial charge in [0.1, 0.15) is 5.03 Å². The van der Waals surface area contributed by atoms with Gasteiger partial charge < -0.3 is 5.32 Å². The highest BCUT2D eigenvalue weighted by Crippen LogP contribution is 2.13. The Labute approximate surface area is 92.8 Å². The van der Waals surface area contributed by atoms with E-state index in [4.69, 9.17) is 0 Å². The van der Waals surface area contributed by atoms with Gasteiger partial charge in [-0.15, -0.1) is 0 Å². The molecule has 1 aliphatic rings.